The molecule has 2 aromatic rings. The van der Waals surface area contributed by atoms with Crippen LogP contribution in [0.4, 0.5) is 10.1 Å². The van der Waals surface area contributed by atoms with Crippen molar-refractivity contribution in [2.24, 2.45) is 0 Å². The third-order valence-corrected chi connectivity index (χ3v) is 3.92. The second-order valence-corrected chi connectivity index (χ2v) is 6.17. The highest BCUT2D eigenvalue weighted by atomic mass is 35.5. The average Bonchev–Trinajstić information content (AvgIpc) is 2.61. The summed E-state index contributed by atoms with van der Waals surface area (Å²) in [6, 6.07) is 11.8. The minimum Gasteiger partial charge on any atom is -0.336 e. The van der Waals surface area contributed by atoms with Crippen LogP contribution in [0.15, 0.2) is 48.5 Å². The normalized spacial score (nSPS) is 10.3. The first-order valence-corrected chi connectivity index (χ1v) is 8.31. The summed E-state index contributed by atoms with van der Waals surface area (Å²) in [5, 5.41) is 3.10. The second-order valence-electron chi connectivity index (χ2n) is 5.73. The first kappa shape index (κ1) is 19.6. The van der Waals surface area contributed by atoms with Gasteiger partial charge in [0.2, 0.25) is 11.8 Å². The number of rotatable bonds is 7. The molecule has 0 heterocycles. The minimum atomic E-state index is -0.406. The average molecular weight is 377 g/mol. The molecule has 2 amide bonds. The van der Waals surface area contributed by atoms with E-state index >= 15 is 0 Å². The van der Waals surface area contributed by atoms with E-state index in [0.717, 1.165) is 0 Å². The van der Waals surface area contributed by atoms with Gasteiger partial charge in [0, 0.05) is 36.2 Å². The van der Waals surface area contributed by atoms with Crippen LogP contribution >= 0.6 is 11.6 Å². The van der Waals surface area contributed by atoms with Crippen molar-refractivity contribution in [1.29, 1.82) is 0 Å². The molecule has 0 atom stereocenters. The van der Waals surface area contributed by atoms with E-state index in [9.17, 15) is 18.8 Å². The minimum absolute atomic E-state index is 0.00177. The Hall–Kier alpha value is -2.73. The van der Waals surface area contributed by atoms with Gasteiger partial charge in [0.25, 0.3) is 0 Å². The molecule has 0 fully saturated rings. The van der Waals surface area contributed by atoms with Crippen molar-refractivity contribution in [3.05, 3.63) is 64.9 Å². The molecule has 2 rings (SSSR count). The zero-order valence-corrected chi connectivity index (χ0v) is 14.9. The van der Waals surface area contributed by atoms with Gasteiger partial charge in [0.1, 0.15) is 5.82 Å². The standard InChI is InChI=1S/C19H18ClFN2O3/c1-23(12-18(25)22-16-8-6-15(21)7-9-16)19(26)11-10-17(24)13-2-4-14(20)5-3-13/h2-9H,10-12H2,1H3,(H,22,25). The number of Topliss-reactive ketones (excluding diaryl/α,β-unsaturated/α-hetero) is 1. The molecule has 2 aromatic carbocycles. The van der Waals surface area contributed by atoms with Crippen molar-refractivity contribution in [2.45, 2.75) is 12.8 Å². The molecule has 0 aromatic heterocycles. The number of halogens is 2. The molecular weight excluding hydrogens is 359 g/mol. The van der Waals surface area contributed by atoms with E-state index in [-0.39, 0.29) is 31.1 Å². The van der Waals surface area contributed by atoms with Gasteiger partial charge in [0.05, 0.1) is 6.54 Å². The number of amides is 2. The van der Waals surface area contributed by atoms with Crippen LogP contribution in [0.1, 0.15) is 23.2 Å². The van der Waals surface area contributed by atoms with Crippen LogP contribution in [0.2, 0.25) is 5.02 Å². The molecule has 0 spiro atoms. The van der Waals surface area contributed by atoms with Crippen LogP contribution in [0.3, 0.4) is 0 Å². The topological polar surface area (TPSA) is 66.5 Å². The van der Waals surface area contributed by atoms with Crippen LogP contribution < -0.4 is 5.32 Å². The lowest BCUT2D eigenvalue weighted by Crippen LogP contribution is -2.35. The van der Waals surface area contributed by atoms with Gasteiger partial charge >= 0.3 is 0 Å². The number of hydrogen-bond acceptors (Lipinski definition) is 3. The molecule has 7 heteroatoms. The largest absolute Gasteiger partial charge is 0.336 e. The second kappa shape index (κ2) is 9.10. The molecule has 0 bridgehead atoms. The Morgan fingerprint density at radius 2 is 1.62 bits per heavy atom. The van der Waals surface area contributed by atoms with Crippen molar-refractivity contribution >= 4 is 34.9 Å². The molecule has 0 saturated heterocycles. The zero-order chi connectivity index (χ0) is 19.1. The SMILES string of the molecule is CN(CC(=O)Nc1ccc(F)cc1)C(=O)CCC(=O)c1ccc(Cl)cc1. The van der Waals surface area contributed by atoms with E-state index in [2.05, 4.69) is 5.32 Å². The summed E-state index contributed by atoms with van der Waals surface area (Å²) >= 11 is 5.77. The van der Waals surface area contributed by atoms with Crippen molar-refractivity contribution in [2.75, 3.05) is 18.9 Å². The molecule has 0 unspecified atom stereocenters. The summed E-state index contributed by atoms with van der Waals surface area (Å²) in [6.07, 6.45) is 0.0478. The number of anilines is 1. The van der Waals surface area contributed by atoms with Gasteiger partial charge < -0.3 is 10.2 Å². The number of hydrogen-bond donors (Lipinski definition) is 1. The monoisotopic (exact) mass is 376 g/mol. The van der Waals surface area contributed by atoms with Crippen LogP contribution in [0.5, 0.6) is 0 Å². The fourth-order valence-corrected chi connectivity index (χ4v) is 2.35. The van der Waals surface area contributed by atoms with Gasteiger partial charge in [-0.2, -0.15) is 0 Å². The molecule has 0 aliphatic heterocycles. The maximum atomic E-state index is 12.8. The number of carbonyl (C=O) groups excluding carboxylic acids is 3. The molecule has 0 radical (unpaired) electrons. The predicted molar refractivity (Wildman–Crippen MR) is 97.7 cm³/mol. The Labute approximate surface area is 155 Å². The third kappa shape index (κ3) is 5.97. The molecule has 0 aliphatic carbocycles. The van der Waals surface area contributed by atoms with Gasteiger partial charge in [-0.15, -0.1) is 0 Å². The Morgan fingerprint density at radius 3 is 2.23 bits per heavy atom. The molecule has 0 aliphatic rings. The van der Waals surface area contributed by atoms with E-state index in [4.69, 9.17) is 11.6 Å². The third-order valence-electron chi connectivity index (χ3n) is 3.67. The first-order chi connectivity index (χ1) is 12.3. The van der Waals surface area contributed by atoms with Crippen molar-refractivity contribution in [1.82, 2.24) is 4.90 Å². The molecule has 5 nitrogen and oxygen atoms in total. The summed E-state index contributed by atoms with van der Waals surface area (Å²) in [6.45, 7) is -0.161. The maximum absolute atomic E-state index is 12.8. The van der Waals surface area contributed by atoms with Crippen LogP contribution in [-0.2, 0) is 9.59 Å². The molecule has 0 saturated carbocycles. The van der Waals surface area contributed by atoms with E-state index in [1.54, 1.807) is 24.3 Å². The zero-order valence-electron chi connectivity index (χ0n) is 14.2. The lowest BCUT2D eigenvalue weighted by atomic mass is 10.1. The van der Waals surface area contributed by atoms with Gasteiger partial charge in [-0.05, 0) is 48.5 Å². The van der Waals surface area contributed by atoms with Crippen LogP contribution in [-0.4, -0.2) is 36.1 Å². The lowest BCUT2D eigenvalue weighted by molar-refractivity contribution is -0.133. The molecule has 26 heavy (non-hydrogen) atoms. The fourth-order valence-electron chi connectivity index (χ4n) is 2.23. The van der Waals surface area contributed by atoms with Gasteiger partial charge in [-0.1, -0.05) is 11.6 Å². The fraction of sp³-hybridized carbons (Fsp3) is 0.211. The van der Waals surface area contributed by atoms with Gasteiger partial charge in [0.15, 0.2) is 5.78 Å². The highest BCUT2D eigenvalue weighted by molar-refractivity contribution is 6.30. The maximum Gasteiger partial charge on any atom is 0.243 e. The molecular formula is C19H18ClFN2O3. The smallest absolute Gasteiger partial charge is 0.243 e. The van der Waals surface area contributed by atoms with E-state index in [1.165, 1.54) is 36.2 Å². The van der Waals surface area contributed by atoms with E-state index in [0.29, 0.717) is 16.3 Å². The number of nitrogens with one attached hydrogen (secondary N) is 1. The lowest BCUT2D eigenvalue weighted by Gasteiger charge is -2.16. The summed E-state index contributed by atoms with van der Waals surface area (Å²) in [7, 11) is 1.49. The predicted octanol–water partition coefficient (Wildman–Crippen LogP) is 3.54. The molecule has 136 valence electrons. The Kier molecular flexibility index (Phi) is 6.86. The summed E-state index contributed by atoms with van der Waals surface area (Å²) < 4.78 is 12.8. The Bertz CT molecular complexity index is 791. The van der Waals surface area contributed by atoms with Gasteiger partial charge in [-0.3, -0.25) is 14.4 Å². The quantitative estimate of drug-likeness (QED) is 0.751. The first-order valence-electron chi connectivity index (χ1n) is 7.93. The number of carbonyl (C=O) groups is 3. The summed E-state index contributed by atoms with van der Waals surface area (Å²) in [4.78, 5) is 37.3. The van der Waals surface area contributed by atoms with Crippen LogP contribution in [0, 0.1) is 5.82 Å². The Morgan fingerprint density at radius 1 is 1.00 bits per heavy atom. The Balaban J connectivity index is 1.79. The van der Waals surface area contributed by atoms with E-state index < -0.39 is 11.7 Å². The number of ketones is 1. The highest BCUT2D eigenvalue weighted by Crippen LogP contribution is 2.12. The van der Waals surface area contributed by atoms with Gasteiger partial charge in [-0.25, -0.2) is 4.39 Å². The summed E-state index contributed by atoms with van der Waals surface area (Å²) in [5.41, 5.74) is 0.925. The molecule has 1 N–H and O–H groups in total. The number of likely N-dealkylation sites (N-methyl/N-ethyl adjacent to an activating group) is 1. The van der Waals surface area contributed by atoms with Crippen molar-refractivity contribution in [3.63, 3.8) is 0 Å². The van der Waals surface area contributed by atoms with Crippen molar-refractivity contribution < 1.29 is 18.8 Å². The number of benzene rings is 2. The number of nitrogens with zero attached hydrogens (tertiary/aromatic N) is 1. The highest BCUT2D eigenvalue weighted by Gasteiger charge is 2.15. The summed E-state index contributed by atoms with van der Waals surface area (Å²) in [5.74, 6) is -1.29. The van der Waals surface area contributed by atoms with Crippen LogP contribution in [0.25, 0.3) is 0 Å². The van der Waals surface area contributed by atoms with E-state index in [1.807, 2.05) is 0 Å². The van der Waals surface area contributed by atoms with Crippen molar-refractivity contribution in [3.8, 4) is 0 Å².